The summed E-state index contributed by atoms with van der Waals surface area (Å²) in [6.45, 7) is 2.02. The zero-order valence-electron chi connectivity index (χ0n) is 15.3. The van der Waals surface area contributed by atoms with Crippen molar-refractivity contribution in [2.45, 2.75) is 6.92 Å². The number of methoxy groups -OCH3 is 1. The van der Waals surface area contributed by atoms with Crippen molar-refractivity contribution < 1.29 is 13.9 Å². The highest BCUT2D eigenvalue weighted by molar-refractivity contribution is 6.31. The maximum Gasteiger partial charge on any atom is 0.259 e. The van der Waals surface area contributed by atoms with Gasteiger partial charge in [-0.15, -0.1) is 0 Å². The highest BCUT2D eigenvalue weighted by Crippen LogP contribution is 2.28. The fourth-order valence-corrected chi connectivity index (χ4v) is 3.13. The van der Waals surface area contributed by atoms with E-state index in [0.717, 1.165) is 16.6 Å². The van der Waals surface area contributed by atoms with Gasteiger partial charge >= 0.3 is 0 Å². The summed E-state index contributed by atoms with van der Waals surface area (Å²) in [6.07, 6.45) is 0. The quantitative estimate of drug-likeness (QED) is 0.482. The summed E-state index contributed by atoms with van der Waals surface area (Å²) in [7, 11) is 1.51. The van der Waals surface area contributed by atoms with E-state index >= 15 is 0 Å². The van der Waals surface area contributed by atoms with Gasteiger partial charge in [-0.3, -0.25) is 4.79 Å². The van der Waals surface area contributed by atoms with Crippen LogP contribution >= 0.6 is 11.6 Å². The number of carbonyl (C=O) groups excluding carboxylic acids is 1. The van der Waals surface area contributed by atoms with E-state index < -0.39 is 0 Å². The molecule has 0 aliphatic heterocycles. The molecular formula is C22H17ClN2O3. The molecule has 0 atom stereocenters. The first-order valence-corrected chi connectivity index (χ1v) is 9.04. The Labute approximate surface area is 166 Å². The number of carbonyl (C=O) groups is 1. The molecule has 1 N–H and O–H groups in total. The van der Waals surface area contributed by atoms with Gasteiger partial charge < -0.3 is 14.5 Å². The molecule has 1 aromatic heterocycles. The highest BCUT2D eigenvalue weighted by Gasteiger charge is 2.15. The Bertz CT molecular complexity index is 1180. The molecule has 0 radical (unpaired) electrons. The molecule has 1 heterocycles. The Kier molecular flexibility index (Phi) is 4.75. The van der Waals surface area contributed by atoms with Crippen LogP contribution in [0.2, 0.25) is 5.02 Å². The van der Waals surface area contributed by atoms with E-state index in [0.29, 0.717) is 33.5 Å². The van der Waals surface area contributed by atoms with Crippen molar-refractivity contribution in [1.29, 1.82) is 0 Å². The second-order valence-electron chi connectivity index (χ2n) is 6.37. The van der Waals surface area contributed by atoms with Crippen molar-refractivity contribution in [1.82, 2.24) is 4.98 Å². The molecule has 0 aliphatic rings. The van der Waals surface area contributed by atoms with Gasteiger partial charge in [0, 0.05) is 22.3 Å². The minimum absolute atomic E-state index is 0.322. The van der Waals surface area contributed by atoms with E-state index in [-0.39, 0.29) is 5.91 Å². The van der Waals surface area contributed by atoms with E-state index in [1.54, 1.807) is 30.3 Å². The Morgan fingerprint density at radius 2 is 1.96 bits per heavy atom. The molecule has 1 amide bonds. The van der Waals surface area contributed by atoms with Gasteiger partial charge in [0.2, 0.25) is 5.89 Å². The van der Waals surface area contributed by atoms with Crippen LogP contribution in [-0.4, -0.2) is 18.0 Å². The predicted octanol–water partition coefficient (Wildman–Crippen LogP) is 5.72. The van der Waals surface area contributed by atoms with Crippen LogP contribution < -0.4 is 10.1 Å². The first kappa shape index (κ1) is 18.1. The Hall–Kier alpha value is -3.31. The number of nitrogens with one attached hydrogen (secondary N) is 1. The second-order valence-corrected chi connectivity index (χ2v) is 6.81. The van der Waals surface area contributed by atoms with Gasteiger partial charge in [-0.05, 0) is 49.4 Å². The maximum absolute atomic E-state index is 12.7. The van der Waals surface area contributed by atoms with E-state index in [2.05, 4.69) is 10.3 Å². The molecular weight excluding hydrogens is 376 g/mol. The average Bonchev–Trinajstić information content (AvgIpc) is 3.11. The van der Waals surface area contributed by atoms with Crippen molar-refractivity contribution in [2.75, 3.05) is 12.4 Å². The van der Waals surface area contributed by atoms with Crippen LogP contribution in [0.4, 0.5) is 5.69 Å². The summed E-state index contributed by atoms with van der Waals surface area (Å²) >= 11 is 6.01. The Morgan fingerprint density at radius 3 is 2.75 bits per heavy atom. The van der Waals surface area contributed by atoms with Crippen molar-refractivity contribution in [3.05, 3.63) is 76.8 Å². The van der Waals surface area contributed by atoms with Crippen molar-refractivity contribution in [3.8, 4) is 17.2 Å². The van der Waals surface area contributed by atoms with E-state index in [4.69, 9.17) is 20.8 Å². The number of halogens is 1. The summed E-state index contributed by atoms with van der Waals surface area (Å²) < 4.78 is 11.1. The fourth-order valence-electron chi connectivity index (χ4n) is 2.96. The first-order chi connectivity index (χ1) is 13.5. The average molecular weight is 393 g/mol. The number of anilines is 1. The molecule has 28 heavy (non-hydrogen) atoms. The molecule has 4 rings (SSSR count). The standard InChI is InChI=1S/C22H17ClN2O3/c1-13-4-3-5-14(10-13)22-25-18-8-7-16(12-20(18)28-22)24-21(26)17-11-15(23)6-9-19(17)27-2/h3-12H,1-2H3,(H,24,26). The molecule has 0 bridgehead atoms. The number of aryl methyl sites for hydroxylation is 1. The molecule has 4 aromatic rings. The lowest BCUT2D eigenvalue weighted by atomic mass is 10.1. The predicted molar refractivity (Wildman–Crippen MR) is 110 cm³/mol. The SMILES string of the molecule is COc1ccc(Cl)cc1C(=O)Nc1ccc2nc(-c3cccc(C)c3)oc2c1. The third kappa shape index (κ3) is 3.57. The van der Waals surface area contributed by atoms with Crippen LogP contribution in [0.25, 0.3) is 22.6 Å². The second kappa shape index (κ2) is 7.37. The molecule has 0 fully saturated rings. The lowest BCUT2D eigenvalue weighted by molar-refractivity contribution is 0.102. The molecule has 140 valence electrons. The number of benzene rings is 3. The molecule has 0 spiro atoms. The van der Waals surface area contributed by atoms with Gasteiger partial charge in [0.15, 0.2) is 5.58 Å². The summed E-state index contributed by atoms with van der Waals surface area (Å²) in [4.78, 5) is 17.2. The number of oxazole rings is 1. The van der Waals surface area contributed by atoms with Crippen LogP contribution in [-0.2, 0) is 0 Å². The zero-order chi connectivity index (χ0) is 19.7. The number of amides is 1. The topological polar surface area (TPSA) is 64.4 Å². The van der Waals surface area contributed by atoms with Gasteiger partial charge in [0.1, 0.15) is 11.3 Å². The summed E-state index contributed by atoms with van der Waals surface area (Å²) in [5.41, 5.74) is 4.29. The molecule has 3 aromatic carbocycles. The van der Waals surface area contributed by atoms with Crippen LogP contribution in [0.5, 0.6) is 5.75 Å². The number of hydrogen-bond donors (Lipinski definition) is 1. The van der Waals surface area contributed by atoms with Crippen LogP contribution in [0.3, 0.4) is 0 Å². The van der Waals surface area contributed by atoms with Gasteiger partial charge in [-0.2, -0.15) is 0 Å². The van der Waals surface area contributed by atoms with Gasteiger partial charge in [0.25, 0.3) is 5.91 Å². The maximum atomic E-state index is 12.7. The summed E-state index contributed by atoms with van der Waals surface area (Å²) in [5.74, 6) is 0.667. The smallest absolute Gasteiger partial charge is 0.259 e. The van der Waals surface area contributed by atoms with E-state index in [9.17, 15) is 4.79 Å². The molecule has 0 aliphatic carbocycles. The van der Waals surface area contributed by atoms with Crippen LogP contribution in [0.1, 0.15) is 15.9 Å². The van der Waals surface area contributed by atoms with E-state index in [1.165, 1.54) is 7.11 Å². The third-order valence-electron chi connectivity index (χ3n) is 4.32. The number of hydrogen-bond acceptors (Lipinski definition) is 4. The molecule has 5 nitrogen and oxygen atoms in total. The lowest BCUT2D eigenvalue weighted by Crippen LogP contribution is -2.13. The van der Waals surface area contributed by atoms with Crippen molar-refractivity contribution in [3.63, 3.8) is 0 Å². The Balaban J connectivity index is 1.63. The largest absolute Gasteiger partial charge is 0.496 e. The zero-order valence-corrected chi connectivity index (χ0v) is 16.1. The summed E-state index contributed by atoms with van der Waals surface area (Å²) in [5, 5.41) is 3.30. The van der Waals surface area contributed by atoms with Crippen LogP contribution in [0.15, 0.2) is 65.1 Å². The van der Waals surface area contributed by atoms with E-state index in [1.807, 2.05) is 37.3 Å². The normalized spacial score (nSPS) is 10.8. The Morgan fingerprint density at radius 1 is 1.11 bits per heavy atom. The minimum atomic E-state index is -0.322. The third-order valence-corrected chi connectivity index (χ3v) is 4.55. The monoisotopic (exact) mass is 392 g/mol. The van der Waals surface area contributed by atoms with Crippen LogP contribution in [0, 0.1) is 6.92 Å². The number of aromatic nitrogens is 1. The lowest BCUT2D eigenvalue weighted by Gasteiger charge is -2.09. The molecule has 0 saturated carbocycles. The summed E-state index contributed by atoms with van der Waals surface area (Å²) in [6, 6.07) is 18.2. The number of rotatable bonds is 4. The molecule has 0 unspecified atom stereocenters. The molecule has 0 saturated heterocycles. The first-order valence-electron chi connectivity index (χ1n) is 8.66. The van der Waals surface area contributed by atoms with Gasteiger partial charge in [-0.1, -0.05) is 29.3 Å². The number of nitrogens with zero attached hydrogens (tertiary/aromatic N) is 1. The van der Waals surface area contributed by atoms with Crippen molar-refractivity contribution >= 4 is 34.3 Å². The van der Waals surface area contributed by atoms with Gasteiger partial charge in [-0.25, -0.2) is 4.98 Å². The van der Waals surface area contributed by atoms with Crippen molar-refractivity contribution in [2.24, 2.45) is 0 Å². The number of ether oxygens (including phenoxy) is 1. The van der Waals surface area contributed by atoms with Gasteiger partial charge in [0.05, 0.1) is 12.7 Å². The minimum Gasteiger partial charge on any atom is -0.496 e. The molecule has 6 heteroatoms. The highest BCUT2D eigenvalue weighted by atomic mass is 35.5. The number of fused-ring (bicyclic) bond motifs is 1. The fraction of sp³-hybridized carbons (Fsp3) is 0.0909.